The lowest BCUT2D eigenvalue weighted by Crippen LogP contribution is -2.38. The first-order valence-corrected chi connectivity index (χ1v) is 8.34. The average Bonchev–Trinajstić information content (AvgIpc) is 2.88. The van der Waals surface area contributed by atoms with Crippen molar-refractivity contribution in [1.82, 2.24) is 5.32 Å². The number of alkyl halides is 2. The highest BCUT2D eigenvalue weighted by atomic mass is 32.1. The molecule has 24 heavy (non-hydrogen) atoms. The first kappa shape index (κ1) is 18.6. The van der Waals surface area contributed by atoms with E-state index in [1.807, 2.05) is 0 Å². The maximum absolute atomic E-state index is 12.4. The molecule has 0 aliphatic carbocycles. The van der Waals surface area contributed by atoms with Crippen molar-refractivity contribution < 1.29 is 33.0 Å². The predicted molar refractivity (Wildman–Crippen MR) is 82.7 cm³/mol. The van der Waals surface area contributed by atoms with E-state index in [0.29, 0.717) is 30.9 Å². The summed E-state index contributed by atoms with van der Waals surface area (Å²) in [4.78, 5) is 24.3. The fraction of sp³-hybridized carbons (Fsp3) is 0.600. The predicted octanol–water partition coefficient (Wildman–Crippen LogP) is 2.52. The Labute approximate surface area is 141 Å². The van der Waals surface area contributed by atoms with Gasteiger partial charge in [-0.2, -0.15) is 8.78 Å². The molecule has 0 spiro atoms. The third-order valence-electron chi connectivity index (χ3n) is 3.88. The summed E-state index contributed by atoms with van der Waals surface area (Å²) in [5, 5.41) is 11.9. The topological polar surface area (TPSA) is 84.9 Å². The zero-order chi connectivity index (χ0) is 17.7. The number of ether oxygens (including phenoxy) is 2. The minimum absolute atomic E-state index is 0.0175. The van der Waals surface area contributed by atoms with Crippen LogP contribution in [0.4, 0.5) is 8.78 Å². The van der Waals surface area contributed by atoms with Gasteiger partial charge < -0.3 is 19.9 Å². The van der Waals surface area contributed by atoms with Gasteiger partial charge in [-0.05, 0) is 31.7 Å². The molecule has 134 valence electrons. The van der Waals surface area contributed by atoms with Crippen LogP contribution >= 0.6 is 11.3 Å². The van der Waals surface area contributed by atoms with Crippen LogP contribution in [-0.4, -0.2) is 43.4 Å². The molecule has 1 aliphatic heterocycles. The normalized spacial score (nSPS) is 16.8. The Bertz CT molecular complexity index is 586. The summed E-state index contributed by atoms with van der Waals surface area (Å²) >= 11 is 1.02. The van der Waals surface area contributed by atoms with Crippen LogP contribution in [0.5, 0.6) is 5.75 Å². The van der Waals surface area contributed by atoms with Gasteiger partial charge in [0.25, 0.3) is 5.91 Å². The van der Waals surface area contributed by atoms with Gasteiger partial charge in [0.05, 0.1) is 5.92 Å². The minimum Gasteiger partial charge on any atom is -0.481 e. The van der Waals surface area contributed by atoms with Crippen molar-refractivity contribution in [3.8, 4) is 5.75 Å². The number of amides is 1. The average molecular weight is 363 g/mol. The van der Waals surface area contributed by atoms with E-state index in [9.17, 15) is 23.5 Å². The summed E-state index contributed by atoms with van der Waals surface area (Å²) < 4.78 is 34.3. The second kappa shape index (κ2) is 8.39. The third kappa shape index (κ3) is 4.88. The molecule has 1 unspecified atom stereocenters. The molecular formula is C15H19F2NO5S. The molecule has 0 bridgehead atoms. The highest BCUT2D eigenvalue weighted by Crippen LogP contribution is 2.30. The van der Waals surface area contributed by atoms with Gasteiger partial charge in [-0.15, -0.1) is 11.3 Å². The Kier molecular flexibility index (Phi) is 6.50. The van der Waals surface area contributed by atoms with Crippen molar-refractivity contribution in [3.05, 3.63) is 15.8 Å². The van der Waals surface area contributed by atoms with Crippen molar-refractivity contribution in [2.45, 2.75) is 26.4 Å². The summed E-state index contributed by atoms with van der Waals surface area (Å²) in [5.41, 5.74) is 0. The molecule has 0 aromatic carbocycles. The lowest BCUT2D eigenvalue weighted by Gasteiger charge is -2.27. The fourth-order valence-electron chi connectivity index (χ4n) is 2.69. The quantitative estimate of drug-likeness (QED) is 0.778. The van der Waals surface area contributed by atoms with E-state index in [1.165, 1.54) is 6.07 Å². The molecule has 2 rings (SSSR count). The van der Waals surface area contributed by atoms with Crippen molar-refractivity contribution in [1.29, 1.82) is 0 Å². The van der Waals surface area contributed by atoms with Crippen molar-refractivity contribution in [3.63, 3.8) is 0 Å². The van der Waals surface area contributed by atoms with E-state index in [-0.39, 0.29) is 23.1 Å². The van der Waals surface area contributed by atoms with Crippen LogP contribution in [-0.2, 0) is 9.53 Å². The molecule has 6 nitrogen and oxygen atoms in total. The van der Waals surface area contributed by atoms with E-state index in [4.69, 9.17) is 4.74 Å². The number of aliphatic carboxylic acids is 1. The van der Waals surface area contributed by atoms with E-state index in [1.54, 1.807) is 6.92 Å². The smallest absolute Gasteiger partial charge is 0.387 e. The lowest BCUT2D eigenvalue weighted by molar-refractivity contribution is -0.144. The zero-order valence-corrected chi connectivity index (χ0v) is 13.9. The Hall–Kier alpha value is -1.74. The Balaban J connectivity index is 2.01. The van der Waals surface area contributed by atoms with Crippen molar-refractivity contribution in [2.24, 2.45) is 11.8 Å². The largest absolute Gasteiger partial charge is 0.481 e. The second-order valence-electron chi connectivity index (χ2n) is 5.53. The number of carbonyl (C=O) groups excluding carboxylic acids is 1. The summed E-state index contributed by atoms with van der Waals surface area (Å²) in [5.74, 6) is -2.62. The molecule has 0 radical (unpaired) electrons. The molecule has 1 aromatic rings. The minimum atomic E-state index is -3.03. The molecule has 2 heterocycles. The molecule has 2 N–H and O–H groups in total. The second-order valence-corrected chi connectivity index (χ2v) is 6.79. The highest BCUT2D eigenvalue weighted by Gasteiger charge is 2.30. The van der Waals surface area contributed by atoms with E-state index in [0.717, 1.165) is 11.3 Å². The summed E-state index contributed by atoms with van der Waals surface area (Å²) in [6.45, 7) is -0.427. The van der Waals surface area contributed by atoms with E-state index < -0.39 is 24.4 Å². The van der Waals surface area contributed by atoms with Crippen molar-refractivity contribution >= 4 is 23.2 Å². The summed E-state index contributed by atoms with van der Waals surface area (Å²) in [7, 11) is 0. The lowest BCUT2D eigenvalue weighted by atomic mass is 9.86. The van der Waals surface area contributed by atoms with E-state index >= 15 is 0 Å². The molecule has 1 amide bonds. The maximum Gasteiger partial charge on any atom is 0.387 e. The number of thiophene rings is 1. The summed E-state index contributed by atoms with van der Waals surface area (Å²) in [6, 6.07) is 1.36. The number of nitrogens with one attached hydrogen (secondary N) is 1. The molecule has 9 heteroatoms. The monoisotopic (exact) mass is 363 g/mol. The highest BCUT2D eigenvalue weighted by molar-refractivity contribution is 7.14. The maximum atomic E-state index is 12.4. The van der Waals surface area contributed by atoms with Gasteiger partial charge in [0.2, 0.25) is 0 Å². The Morgan fingerprint density at radius 2 is 2.12 bits per heavy atom. The number of carboxylic acids is 1. The van der Waals surface area contributed by atoms with Crippen molar-refractivity contribution in [2.75, 3.05) is 19.8 Å². The van der Waals surface area contributed by atoms with Crippen LogP contribution < -0.4 is 10.1 Å². The van der Waals surface area contributed by atoms with Crippen LogP contribution in [0, 0.1) is 18.8 Å². The molecule has 1 aliphatic rings. The van der Waals surface area contributed by atoms with Crippen LogP contribution in [0.1, 0.15) is 27.4 Å². The molecular weight excluding hydrogens is 344 g/mol. The molecule has 1 fully saturated rings. The van der Waals surface area contributed by atoms with Gasteiger partial charge >= 0.3 is 12.6 Å². The summed E-state index contributed by atoms with van der Waals surface area (Å²) in [6.07, 6.45) is 1.23. The number of hydrogen-bond donors (Lipinski definition) is 2. The fourth-order valence-corrected chi connectivity index (χ4v) is 3.55. The van der Waals surface area contributed by atoms with Crippen LogP contribution in [0.25, 0.3) is 0 Å². The number of rotatable bonds is 7. The van der Waals surface area contributed by atoms with Gasteiger partial charge in [-0.25, -0.2) is 0 Å². The van der Waals surface area contributed by atoms with Crippen LogP contribution in [0.2, 0.25) is 0 Å². The third-order valence-corrected chi connectivity index (χ3v) is 4.91. The standard InChI is InChI=1S/C15H19F2NO5S/c1-8-6-11(23-15(16)17)12(24-8)13(19)18-7-10(14(20)21)9-2-4-22-5-3-9/h6,9-10,15H,2-5,7H2,1H3,(H,18,19)(H,20,21). The first-order valence-electron chi connectivity index (χ1n) is 7.52. The van der Waals surface area contributed by atoms with Gasteiger partial charge in [-0.1, -0.05) is 0 Å². The Morgan fingerprint density at radius 3 is 2.71 bits per heavy atom. The van der Waals surface area contributed by atoms with Gasteiger partial charge in [0.15, 0.2) is 0 Å². The zero-order valence-electron chi connectivity index (χ0n) is 13.1. The number of carboxylic acid groups (broad SMARTS) is 1. The number of hydrogen-bond acceptors (Lipinski definition) is 5. The number of halogens is 2. The molecule has 1 atom stereocenters. The van der Waals surface area contributed by atoms with Gasteiger partial charge in [0.1, 0.15) is 10.6 Å². The number of carbonyl (C=O) groups is 2. The molecule has 1 aromatic heterocycles. The van der Waals surface area contributed by atoms with Gasteiger partial charge in [0, 0.05) is 24.6 Å². The number of aryl methyl sites for hydroxylation is 1. The Morgan fingerprint density at radius 1 is 1.46 bits per heavy atom. The van der Waals surface area contributed by atoms with Gasteiger partial charge in [-0.3, -0.25) is 9.59 Å². The SMILES string of the molecule is Cc1cc(OC(F)F)c(C(=O)NCC(C(=O)O)C2CCOCC2)s1. The molecule has 1 saturated heterocycles. The molecule has 0 saturated carbocycles. The first-order chi connectivity index (χ1) is 11.4. The van der Waals surface area contributed by atoms with Crippen LogP contribution in [0.3, 0.4) is 0 Å². The van der Waals surface area contributed by atoms with Crippen LogP contribution in [0.15, 0.2) is 6.07 Å². The van der Waals surface area contributed by atoms with E-state index in [2.05, 4.69) is 10.1 Å².